The van der Waals surface area contributed by atoms with Gasteiger partial charge >= 0.3 is 0 Å². The summed E-state index contributed by atoms with van der Waals surface area (Å²) in [5, 5.41) is 3.88. The Bertz CT molecular complexity index is 576. The maximum atomic E-state index is 12.3. The molecule has 3 heteroatoms. The van der Waals surface area contributed by atoms with E-state index in [1.807, 2.05) is 28.8 Å². The van der Waals surface area contributed by atoms with E-state index in [-0.39, 0.29) is 5.91 Å². The number of thiophene rings is 1. The van der Waals surface area contributed by atoms with Crippen LogP contribution in [0.15, 0.2) is 41.1 Å². The average Bonchev–Trinajstić information content (AvgIpc) is 2.99. The Hall–Kier alpha value is -1.61. The van der Waals surface area contributed by atoms with Crippen molar-refractivity contribution in [2.24, 2.45) is 0 Å². The molecule has 98 valence electrons. The minimum Gasteiger partial charge on any atom is -0.338 e. The number of hydrogen-bond acceptors (Lipinski definition) is 2. The summed E-state index contributed by atoms with van der Waals surface area (Å²) < 4.78 is 0. The van der Waals surface area contributed by atoms with Crippen LogP contribution in [0.1, 0.15) is 27.9 Å². The van der Waals surface area contributed by atoms with Gasteiger partial charge in [-0.25, -0.2) is 0 Å². The first kappa shape index (κ1) is 12.4. The molecule has 0 saturated heterocycles. The van der Waals surface area contributed by atoms with Crippen LogP contribution < -0.4 is 0 Å². The zero-order chi connectivity index (χ0) is 13.2. The molecule has 1 unspecified atom stereocenters. The Morgan fingerprint density at radius 1 is 1.26 bits per heavy atom. The topological polar surface area (TPSA) is 20.3 Å². The predicted molar refractivity (Wildman–Crippen MR) is 78.7 cm³/mol. The van der Waals surface area contributed by atoms with Crippen molar-refractivity contribution in [1.29, 1.82) is 0 Å². The van der Waals surface area contributed by atoms with Crippen molar-refractivity contribution in [1.82, 2.24) is 4.90 Å². The van der Waals surface area contributed by atoms with Crippen molar-refractivity contribution in [3.63, 3.8) is 0 Å². The van der Waals surface area contributed by atoms with Gasteiger partial charge in [0.2, 0.25) is 0 Å². The first-order valence-electron chi connectivity index (χ1n) is 6.62. The van der Waals surface area contributed by atoms with Gasteiger partial charge in [0.1, 0.15) is 0 Å². The van der Waals surface area contributed by atoms with E-state index in [1.165, 1.54) is 11.1 Å². The molecule has 2 aromatic rings. The van der Waals surface area contributed by atoms with Crippen molar-refractivity contribution in [2.75, 3.05) is 7.05 Å². The molecule has 0 radical (unpaired) electrons. The van der Waals surface area contributed by atoms with Crippen molar-refractivity contribution in [2.45, 2.75) is 25.3 Å². The number of aryl methyl sites for hydroxylation is 1. The zero-order valence-corrected chi connectivity index (χ0v) is 11.8. The molecule has 19 heavy (non-hydrogen) atoms. The van der Waals surface area contributed by atoms with Crippen LogP contribution in [0.5, 0.6) is 0 Å². The molecular formula is C16H17NOS. The Kier molecular flexibility index (Phi) is 3.38. The summed E-state index contributed by atoms with van der Waals surface area (Å²) in [5.74, 6) is 0.144. The number of hydrogen-bond donors (Lipinski definition) is 0. The highest BCUT2D eigenvalue weighted by molar-refractivity contribution is 7.08. The normalized spacial score (nSPS) is 17.8. The summed E-state index contributed by atoms with van der Waals surface area (Å²) in [5.41, 5.74) is 3.64. The molecule has 1 aliphatic rings. The number of carbonyl (C=O) groups excluding carboxylic acids is 1. The minimum atomic E-state index is 0.144. The number of carbonyl (C=O) groups is 1. The highest BCUT2D eigenvalue weighted by Gasteiger charge is 2.25. The van der Waals surface area contributed by atoms with Crippen LogP contribution in [0.2, 0.25) is 0 Å². The number of benzene rings is 1. The van der Waals surface area contributed by atoms with E-state index in [9.17, 15) is 4.79 Å². The van der Waals surface area contributed by atoms with Crippen molar-refractivity contribution in [3.8, 4) is 0 Å². The molecule has 1 aromatic carbocycles. The second-order valence-corrected chi connectivity index (χ2v) is 5.87. The molecular weight excluding hydrogens is 254 g/mol. The third-order valence-electron chi connectivity index (χ3n) is 3.96. The molecule has 0 saturated carbocycles. The monoisotopic (exact) mass is 271 g/mol. The van der Waals surface area contributed by atoms with E-state index in [2.05, 4.69) is 24.3 Å². The van der Waals surface area contributed by atoms with Gasteiger partial charge < -0.3 is 4.90 Å². The lowest BCUT2D eigenvalue weighted by atomic mass is 9.87. The molecule has 0 bridgehead atoms. The van der Waals surface area contributed by atoms with Gasteiger partial charge in [-0.1, -0.05) is 24.3 Å². The average molecular weight is 271 g/mol. The second-order valence-electron chi connectivity index (χ2n) is 5.09. The summed E-state index contributed by atoms with van der Waals surface area (Å²) in [6.07, 6.45) is 3.11. The lowest BCUT2D eigenvalue weighted by Crippen LogP contribution is -2.40. The highest BCUT2D eigenvalue weighted by atomic mass is 32.1. The van der Waals surface area contributed by atoms with Gasteiger partial charge in [0.15, 0.2) is 0 Å². The fourth-order valence-electron chi connectivity index (χ4n) is 2.76. The van der Waals surface area contributed by atoms with E-state index in [4.69, 9.17) is 0 Å². The van der Waals surface area contributed by atoms with Crippen LogP contribution in [0.3, 0.4) is 0 Å². The molecule has 1 aromatic heterocycles. The molecule has 0 spiro atoms. The summed E-state index contributed by atoms with van der Waals surface area (Å²) in [6, 6.07) is 10.8. The fourth-order valence-corrected chi connectivity index (χ4v) is 3.39. The van der Waals surface area contributed by atoms with Crippen molar-refractivity contribution >= 4 is 17.2 Å². The number of nitrogens with zero attached hydrogens (tertiary/aromatic N) is 1. The predicted octanol–water partition coefficient (Wildman–Crippen LogP) is 3.38. The van der Waals surface area contributed by atoms with Crippen LogP contribution in [0.4, 0.5) is 0 Å². The van der Waals surface area contributed by atoms with Gasteiger partial charge in [-0.3, -0.25) is 4.79 Å². The van der Waals surface area contributed by atoms with Gasteiger partial charge in [0.05, 0.1) is 5.56 Å². The Balaban J connectivity index is 1.76. The molecule has 3 rings (SSSR count). The SMILES string of the molecule is CN(C(=O)c1ccsc1)C1CCc2ccccc2C1. The Morgan fingerprint density at radius 3 is 2.79 bits per heavy atom. The van der Waals surface area contributed by atoms with Gasteiger partial charge in [-0.05, 0) is 41.8 Å². The third-order valence-corrected chi connectivity index (χ3v) is 4.64. The van der Waals surface area contributed by atoms with Crippen molar-refractivity contribution < 1.29 is 4.79 Å². The summed E-state index contributed by atoms with van der Waals surface area (Å²) >= 11 is 1.57. The van der Waals surface area contributed by atoms with E-state index < -0.39 is 0 Å². The van der Waals surface area contributed by atoms with E-state index >= 15 is 0 Å². The molecule has 0 fully saturated rings. The van der Waals surface area contributed by atoms with E-state index in [1.54, 1.807) is 11.3 Å². The minimum absolute atomic E-state index is 0.144. The molecule has 1 aliphatic carbocycles. The van der Waals surface area contributed by atoms with Gasteiger partial charge in [-0.2, -0.15) is 11.3 Å². The molecule has 1 heterocycles. The smallest absolute Gasteiger partial charge is 0.254 e. The van der Waals surface area contributed by atoms with Gasteiger partial charge in [0, 0.05) is 18.5 Å². The molecule has 0 aliphatic heterocycles. The van der Waals surface area contributed by atoms with E-state index in [0.29, 0.717) is 6.04 Å². The highest BCUT2D eigenvalue weighted by Crippen LogP contribution is 2.25. The zero-order valence-electron chi connectivity index (χ0n) is 11.0. The van der Waals surface area contributed by atoms with Gasteiger partial charge in [0.25, 0.3) is 5.91 Å². The number of fused-ring (bicyclic) bond motifs is 1. The second kappa shape index (κ2) is 5.17. The number of amides is 1. The fraction of sp³-hybridized carbons (Fsp3) is 0.312. The lowest BCUT2D eigenvalue weighted by molar-refractivity contribution is 0.0719. The maximum Gasteiger partial charge on any atom is 0.254 e. The molecule has 1 amide bonds. The van der Waals surface area contributed by atoms with Crippen molar-refractivity contribution in [3.05, 3.63) is 57.8 Å². The first-order valence-corrected chi connectivity index (χ1v) is 7.56. The standard InChI is InChI=1S/C16H17NOS/c1-17(16(18)14-8-9-19-11-14)15-7-6-12-4-2-3-5-13(12)10-15/h2-5,8-9,11,15H,6-7,10H2,1H3. The molecule has 1 atom stereocenters. The van der Waals surface area contributed by atoms with Crippen LogP contribution >= 0.6 is 11.3 Å². The van der Waals surface area contributed by atoms with Gasteiger partial charge in [-0.15, -0.1) is 0 Å². The van der Waals surface area contributed by atoms with Crippen LogP contribution in [-0.4, -0.2) is 23.9 Å². The van der Waals surface area contributed by atoms with Crippen LogP contribution in [0.25, 0.3) is 0 Å². The quantitative estimate of drug-likeness (QED) is 0.820. The summed E-state index contributed by atoms with van der Waals surface area (Å²) in [7, 11) is 1.93. The molecule has 0 N–H and O–H groups in total. The summed E-state index contributed by atoms with van der Waals surface area (Å²) in [4.78, 5) is 14.3. The van der Waals surface area contributed by atoms with Crippen LogP contribution in [-0.2, 0) is 12.8 Å². The largest absolute Gasteiger partial charge is 0.338 e. The number of rotatable bonds is 2. The Labute approximate surface area is 117 Å². The number of likely N-dealkylation sites (N-methyl/N-ethyl adjacent to an activating group) is 1. The molecule has 2 nitrogen and oxygen atoms in total. The lowest BCUT2D eigenvalue weighted by Gasteiger charge is -2.32. The third kappa shape index (κ3) is 2.43. The maximum absolute atomic E-state index is 12.3. The van der Waals surface area contributed by atoms with Crippen LogP contribution in [0, 0.1) is 0 Å². The first-order chi connectivity index (χ1) is 9.25. The Morgan fingerprint density at radius 2 is 2.05 bits per heavy atom. The van der Waals surface area contributed by atoms with E-state index in [0.717, 1.165) is 24.8 Å². The summed E-state index contributed by atoms with van der Waals surface area (Å²) in [6.45, 7) is 0.